The second-order valence-corrected chi connectivity index (χ2v) is 4.82. The van der Waals surface area contributed by atoms with Crippen LogP contribution in [0.15, 0.2) is 73.2 Å². The maximum atomic E-state index is 4.27. The smallest absolute Gasteiger partial charge is 0.116 e. The first-order valence-electron chi connectivity index (χ1n) is 6.60. The lowest BCUT2D eigenvalue weighted by Gasteiger charge is -2.07. The fourth-order valence-electron chi connectivity index (χ4n) is 2.63. The number of aromatic nitrogens is 2. The van der Waals surface area contributed by atoms with Crippen LogP contribution < -0.4 is 0 Å². The van der Waals surface area contributed by atoms with Crippen molar-refractivity contribution in [2.24, 2.45) is 0 Å². The molecule has 0 bridgehead atoms. The quantitative estimate of drug-likeness (QED) is 0.503. The predicted molar refractivity (Wildman–Crippen MR) is 82.5 cm³/mol. The first-order valence-corrected chi connectivity index (χ1v) is 6.60. The van der Waals surface area contributed by atoms with Gasteiger partial charge in [-0.15, -0.1) is 0 Å². The van der Waals surface area contributed by atoms with Crippen molar-refractivity contribution in [1.29, 1.82) is 0 Å². The Balaban J connectivity index is 2.01. The Morgan fingerprint density at radius 1 is 0.750 bits per heavy atom. The molecule has 1 aromatic heterocycles. The van der Waals surface area contributed by atoms with Crippen LogP contribution in [0.2, 0.25) is 0 Å². The van der Waals surface area contributed by atoms with Gasteiger partial charge in [0.1, 0.15) is 6.33 Å². The van der Waals surface area contributed by atoms with E-state index in [1.807, 2.05) is 12.3 Å². The summed E-state index contributed by atoms with van der Waals surface area (Å²) < 4.78 is 0. The van der Waals surface area contributed by atoms with Crippen molar-refractivity contribution < 1.29 is 0 Å². The van der Waals surface area contributed by atoms with Gasteiger partial charge in [-0.3, -0.25) is 0 Å². The molecule has 0 aliphatic heterocycles. The number of nitrogens with zero attached hydrogens (tertiary/aromatic N) is 2. The van der Waals surface area contributed by atoms with Gasteiger partial charge in [-0.2, -0.15) is 0 Å². The number of hydrogen-bond donors (Lipinski definition) is 0. The normalized spacial score (nSPS) is 11.0. The summed E-state index contributed by atoms with van der Waals surface area (Å²) >= 11 is 0. The summed E-state index contributed by atoms with van der Waals surface area (Å²) in [7, 11) is 0. The van der Waals surface area contributed by atoms with Gasteiger partial charge in [0.05, 0.1) is 5.52 Å². The van der Waals surface area contributed by atoms with Gasteiger partial charge < -0.3 is 0 Å². The standard InChI is InChI=1S/C18H12N2/c1-2-6-16-13(4-1)5-3-7-17(16)14-8-9-18-15(10-14)11-19-12-20-18/h1-12H. The SMILES string of the molecule is c1ccc2c(-c3ccc4ncncc4c3)cccc2c1. The summed E-state index contributed by atoms with van der Waals surface area (Å²) in [5.41, 5.74) is 3.42. The fraction of sp³-hybridized carbons (Fsp3) is 0. The Kier molecular flexibility index (Phi) is 2.46. The molecule has 0 saturated heterocycles. The van der Waals surface area contributed by atoms with Crippen LogP contribution in [0.3, 0.4) is 0 Å². The average molecular weight is 256 g/mol. The highest BCUT2D eigenvalue weighted by molar-refractivity contribution is 5.98. The lowest BCUT2D eigenvalue weighted by molar-refractivity contribution is 1.22. The molecule has 0 spiro atoms. The van der Waals surface area contributed by atoms with E-state index in [1.54, 1.807) is 6.33 Å². The summed E-state index contributed by atoms with van der Waals surface area (Å²) in [6, 6.07) is 21.2. The van der Waals surface area contributed by atoms with Crippen molar-refractivity contribution in [2.45, 2.75) is 0 Å². The van der Waals surface area contributed by atoms with E-state index in [9.17, 15) is 0 Å². The third-order valence-corrected chi connectivity index (χ3v) is 3.61. The van der Waals surface area contributed by atoms with Crippen LogP contribution in [0.1, 0.15) is 0 Å². The summed E-state index contributed by atoms with van der Waals surface area (Å²) in [5, 5.41) is 3.60. The van der Waals surface area contributed by atoms with Crippen LogP contribution >= 0.6 is 0 Å². The average Bonchev–Trinajstić information content (AvgIpc) is 2.54. The van der Waals surface area contributed by atoms with Crippen LogP contribution in [-0.4, -0.2) is 9.97 Å². The molecule has 0 radical (unpaired) electrons. The zero-order valence-corrected chi connectivity index (χ0v) is 10.8. The molecule has 0 atom stereocenters. The van der Waals surface area contributed by atoms with Crippen LogP contribution in [0.25, 0.3) is 32.8 Å². The Bertz CT molecular complexity index is 908. The van der Waals surface area contributed by atoms with Gasteiger partial charge in [0.2, 0.25) is 0 Å². The monoisotopic (exact) mass is 256 g/mol. The molecule has 0 N–H and O–H groups in total. The van der Waals surface area contributed by atoms with Crippen molar-refractivity contribution >= 4 is 21.7 Å². The van der Waals surface area contributed by atoms with E-state index in [0.29, 0.717) is 0 Å². The first-order chi connectivity index (χ1) is 9.92. The van der Waals surface area contributed by atoms with Crippen molar-refractivity contribution in [3.05, 3.63) is 73.2 Å². The van der Waals surface area contributed by atoms with Gasteiger partial charge in [-0.25, -0.2) is 9.97 Å². The first kappa shape index (κ1) is 11.1. The van der Waals surface area contributed by atoms with Gasteiger partial charge in [0.25, 0.3) is 0 Å². The van der Waals surface area contributed by atoms with E-state index in [1.165, 1.54) is 21.9 Å². The van der Waals surface area contributed by atoms with Crippen molar-refractivity contribution in [3.63, 3.8) is 0 Å². The largest absolute Gasteiger partial charge is 0.244 e. The maximum absolute atomic E-state index is 4.27. The molecule has 0 aliphatic carbocycles. The molecule has 3 aromatic carbocycles. The number of benzene rings is 3. The Morgan fingerprint density at radius 2 is 1.65 bits per heavy atom. The zero-order valence-electron chi connectivity index (χ0n) is 10.8. The Hall–Kier alpha value is -2.74. The molecule has 0 unspecified atom stereocenters. The number of fused-ring (bicyclic) bond motifs is 2. The van der Waals surface area contributed by atoms with Crippen LogP contribution in [-0.2, 0) is 0 Å². The molecule has 94 valence electrons. The van der Waals surface area contributed by atoms with Crippen molar-refractivity contribution in [2.75, 3.05) is 0 Å². The van der Waals surface area contributed by atoms with E-state index in [4.69, 9.17) is 0 Å². The minimum Gasteiger partial charge on any atom is -0.244 e. The number of rotatable bonds is 1. The summed E-state index contributed by atoms with van der Waals surface area (Å²) in [6.45, 7) is 0. The molecule has 1 heterocycles. The molecule has 0 saturated carbocycles. The Morgan fingerprint density at radius 3 is 2.65 bits per heavy atom. The second-order valence-electron chi connectivity index (χ2n) is 4.82. The zero-order chi connectivity index (χ0) is 13.4. The van der Waals surface area contributed by atoms with Crippen molar-refractivity contribution in [3.8, 4) is 11.1 Å². The summed E-state index contributed by atoms with van der Waals surface area (Å²) in [5.74, 6) is 0. The highest BCUT2D eigenvalue weighted by Gasteiger charge is 2.04. The van der Waals surface area contributed by atoms with E-state index in [2.05, 4.69) is 64.6 Å². The minimum atomic E-state index is 0.976. The van der Waals surface area contributed by atoms with Gasteiger partial charge in [0.15, 0.2) is 0 Å². The van der Waals surface area contributed by atoms with Crippen LogP contribution in [0.4, 0.5) is 0 Å². The van der Waals surface area contributed by atoms with Gasteiger partial charge in [-0.05, 0) is 34.0 Å². The van der Waals surface area contributed by atoms with E-state index < -0.39 is 0 Å². The molecule has 20 heavy (non-hydrogen) atoms. The molecule has 0 aliphatic rings. The molecular formula is C18H12N2. The third kappa shape index (κ3) is 1.74. The minimum absolute atomic E-state index is 0.976. The molecular weight excluding hydrogens is 244 g/mol. The summed E-state index contributed by atoms with van der Waals surface area (Å²) in [4.78, 5) is 8.37. The molecule has 2 nitrogen and oxygen atoms in total. The topological polar surface area (TPSA) is 25.8 Å². The lowest BCUT2D eigenvalue weighted by Crippen LogP contribution is -1.84. The highest BCUT2D eigenvalue weighted by atomic mass is 14.8. The summed E-state index contributed by atoms with van der Waals surface area (Å²) in [6.07, 6.45) is 3.44. The number of hydrogen-bond acceptors (Lipinski definition) is 2. The molecule has 4 rings (SSSR count). The molecule has 0 amide bonds. The van der Waals surface area contributed by atoms with E-state index >= 15 is 0 Å². The Labute approximate surface area is 116 Å². The molecule has 0 fully saturated rings. The van der Waals surface area contributed by atoms with Crippen LogP contribution in [0.5, 0.6) is 0 Å². The maximum Gasteiger partial charge on any atom is 0.116 e. The third-order valence-electron chi connectivity index (χ3n) is 3.61. The second kappa shape index (κ2) is 4.42. The fourth-order valence-corrected chi connectivity index (χ4v) is 2.63. The van der Waals surface area contributed by atoms with E-state index in [0.717, 1.165) is 10.9 Å². The van der Waals surface area contributed by atoms with Gasteiger partial charge in [0, 0.05) is 11.6 Å². The van der Waals surface area contributed by atoms with Crippen molar-refractivity contribution in [1.82, 2.24) is 9.97 Å². The molecule has 4 aromatic rings. The van der Waals surface area contributed by atoms with Gasteiger partial charge >= 0.3 is 0 Å². The van der Waals surface area contributed by atoms with Gasteiger partial charge in [-0.1, -0.05) is 48.5 Å². The predicted octanol–water partition coefficient (Wildman–Crippen LogP) is 4.45. The van der Waals surface area contributed by atoms with Crippen LogP contribution in [0, 0.1) is 0 Å². The van der Waals surface area contributed by atoms with E-state index in [-0.39, 0.29) is 0 Å². The highest BCUT2D eigenvalue weighted by Crippen LogP contribution is 2.30. The lowest BCUT2D eigenvalue weighted by atomic mass is 9.97. The molecule has 2 heteroatoms.